The van der Waals surface area contributed by atoms with Crippen molar-refractivity contribution in [3.8, 4) is 0 Å². The van der Waals surface area contributed by atoms with Crippen molar-refractivity contribution in [2.75, 3.05) is 11.5 Å². The fourth-order valence-electron chi connectivity index (χ4n) is 2.56. The fourth-order valence-corrected chi connectivity index (χ4v) is 4.37. The second-order valence-electron chi connectivity index (χ2n) is 6.99. The summed E-state index contributed by atoms with van der Waals surface area (Å²) in [4.78, 5) is 0. The summed E-state index contributed by atoms with van der Waals surface area (Å²) in [5.74, 6) is -0.371. The van der Waals surface area contributed by atoms with Crippen LogP contribution in [0.15, 0.2) is 71.0 Å². The molecule has 0 spiro atoms. The third kappa shape index (κ3) is 8.43. The highest BCUT2D eigenvalue weighted by Gasteiger charge is 2.21. The number of benzene rings is 2. The van der Waals surface area contributed by atoms with Gasteiger partial charge in [0.25, 0.3) is 0 Å². The predicted molar refractivity (Wildman–Crippen MR) is 126 cm³/mol. The van der Waals surface area contributed by atoms with E-state index in [1.807, 2.05) is 13.8 Å². The van der Waals surface area contributed by atoms with Gasteiger partial charge >= 0.3 is 20.2 Å². The van der Waals surface area contributed by atoms with Crippen LogP contribution in [0, 0.1) is 0 Å². The van der Waals surface area contributed by atoms with Gasteiger partial charge in [-0.05, 0) is 12.8 Å². The molecule has 2 aromatic rings. The van der Waals surface area contributed by atoms with Crippen LogP contribution in [-0.4, -0.2) is 39.8 Å². The Morgan fingerprint density at radius 3 is 1.31 bits per heavy atom. The second kappa shape index (κ2) is 12.4. The van der Waals surface area contributed by atoms with Crippen LogP contribution in [0.25, 0.3) is 0 Å². The molecule has 0 N–H and O–H groups in total. The minimum Gasteiger partial charge on any atom is -0.268 e. The lowest BCUT2D eigenvalue weighted by molar-refractivity contribution is 0.334. The lowest BCUT2D eigenvalue weighted by atomic mass is 10.0. The van der Waals surface area contributed by atoms with Gasteiger partial charge in [0.1, 0.15) is 11.4 Å². The van der Waals surface area contributed by atoms with Gasteiger partial charge in [-0.15, -0.1) is 0 Å². The molecule has 0 atom stereocenters. The Balaban J connectivity index is 2.54. The molecule has 174 valence electrons. The van der Waals surface area contributed by atoms with E-state index in [1.54, 1.807) is 60.7 Å². The quantitative estimate of drug-likeness (QED) is 0.315. The molecule has 2 rings (SSSR count). The van der Waals surface area contributed by atoms with Crippen LogP contribution in [0.1, 0.15) is 50.7 Å². The molecule has 0 heterocycles. The van der Waals surface area contributed by atoms with E-state index in [4.69, 9.17) is 8.57 Å². The molecule has 0 aliphatic rings. The van der Waals surface area contributed by atoms with E-state index >= 15 is 0 Å². The standard InChI is InChI=1S/C22H28N2O6S2/c1-3-5-17-31(25,26)29-23-21(19-13-9-7-10-14-19)22(20-15-11-8-12-16-20)24-30-32(27,28)18-6-4-2/h7-16H,3-6,17-18H2,1-2H3/b23-21-,24-22-. The molecule has 0 radical (unpaired) electrons. The Morgan fingerprint density at radius 2 is 1.00 bits per heavy atom. The number of oxime groups is 2. The summed E-state index contributed by atoms with van der Waals surface area (Å²) < 4.78 is 58.7. The van der Waals surface area contributed by atoms with Crippen LogP contribution >= 0.6 is 0 Å². The highest BCUT2D eigenvalue weighted by Crippen LogP contribution is 2.14. The molecule has 0 bridgehead atoms. The Labute approximate surface area is 190 Å². The first kappa shape index (κ1) is 25.5. The topological polar surface area (TPSA) is 111 Å². The van der Waals surface area contributed by atoms with E-state index in [9.17, 15) is 16.8 Å². The first-order chi connectivity index (χ1) is 15.3. The molecular weight excluding hydrogens is 452 g/mol. The van der Waals surface area contributed by atoms with Gasteiger partial charge in [0.05, 0.1) is 11.5 Å². The monoisotopic (exact) mass is 480 g/mol. The third-order valence-electron chi connectivity index (χ3n) is 4.30. The molecule has 0 fully saturated rings. The minimum atomic E-state index is -3.92. The minimum absolute atomic E-state index is 0.0302. The van der Waals surface area contributed by atoms with E-state index in [1.165, 1.54) is 0 Å². The maximum Gasteiger partial charge on any atom is 0.328 e. The summed E-state index contributed by atoms with van der Waals surface area (Å²) in [5.41, 5.74) is 1.02. The molecule has 0 saturated heterocycles. The van der Waals surface area contributed by atoms with Crippen LogP contribution in [0.2, 0.25) is 0 Å². The molecule has 8 nitrogen and oxygen atoms in total. The van der Waals surface area contributed by atoms with Crippen molar-refractivity contribution in [3.63, 3.8) is 0 Å². The van der Waals surface area contributed by atoms with E-state index in [0.29, 0.717) is 36.8 Å². The highest BCUT2D eigenvalue weighted by molar-refractivity contribution is 7.86. The Kier molecular flexibility index (Phi) is 9.86. The van der Waals surface area contributed by atoms with Crippen LogP contribution in [0.4, 0.5) is 0 Å². The number of hydrogen-bond acceptors (Lipinski definition) is 8. The maximum atomic E-state index is 12.2. The van der Waals surface area contributed by atoms with Crippen LogP contribution in [-0.2, 0) is 28.8 Å². The normalized spacial score (nSPS) is 13.1. The molecule has 0 aliphatic carbocycles. The first-order valence-corrected chi connectivity index (χ1v) is 13.5. The molecule has 0 saturated carbocycles. The van der Waals surface area contributed by atoms with Gasteiger partial charge in [0, 0.05) is 11.1 Å². The Bertz CT molecular complexity index is 1020. The maximum absolute atomic E-state index is 12.2. The van der Waals surface area contributed by atoms with Crippen molar-refractivity contribution in [2.24, 2.45) is 10.3 Å². The van der Waals surface area contributed by atoms with Gasteiger partial charge in [-0.2, -0.15) is 16.8 Å². The van der Waals surface area contributed by atoms with Crippen molar-refractivity contribution < 1.29 is 25.4 Å². The van der Waals surface area contributed by atoms with Crippen molar-refractivity contribution >= 4 is 31.7 Å². The highest BCUT2D eigenvalue weighted by atomic mass is 32.2. The van der Waals surface area contributed by atoms with Gasteiger partial charge in [-0.25, -0.2) is 0 Å². The molecule has 32 heavy (non-hydrogen) atoms. The molecule has 0 aliphatic heterocycles. The molecule has 2 aromatic carbocycles. The molecular formula is C22H28N2O6S2. The van der Waals surface area contributed by atoms with Crippen LogP contribution < -0.4 is 0 Å². The summed E-state index contributed by atoms with van der Waals surface area (Å²) in [6.07, 6.45) is 2.21. The second-order valence-corrected chi connectivity index (χ2v) is 10.3. The van der Waals surface area contributed by atoms with Crippen molar-refractivity contribution in [1.82, 2.24) is 0 Å². The van der Waals surface area contributed by atoms with E-state index in [-0.39, 0.29) is 22.9 Å². The van der Waals surface area contributed by atoms with Crippen molar-refractivity contribution in [2.45, 2.75) is 39.5 Å². The Morgan fingerprint density at radius 1 is 0.656 bits per heavy atom. The lowest BCUT2D eigenvalue weighted by Crippen LogP contribution is -2.21. The zero-order valence-electron chi connectivity index (χ0n) is 18.2. The number of hydrogen-bond donors (Lipinski definition) is 0. The number of rotatable bonds is 13. The molecule has 0 amide bonds. The van der Waals surface area contributed by atoms with Gasteiger partial charge in [0.2, 0.25) is 0 Å². The zero-order valence-corrected chi connectivity index (χ0v) is 19.8. The predicted octanol–water partition coefficient (Wildman–Crippen LogP) is 4.09. The van der Waals surface area contributed by atoms with Gasteiger partial charge in [0.15, 0.2) is 0 Å². The third-order valence-corrected chi connectivity index (χ3v) is 6.48. The largest absolute Gasteiger partial charge is 0.328 e. The summed E-state index contributed by atoms with van der Waals surface area (Å²) in [7, 11) is -7.84. The van der Waals surface area contributed by atoms with Gasteiger partial charge < -0.3 is 0 Å². The molecule has 0 aromatic heterocycles. The van der Waals surface area contributed by atoms with Crippen molar-refractivity contribution in [1.29, 1.82) is 0 Å². The fraction of sp³-hybridized carbons (Fsp3) is 0.364. The number of nitrogens with zero attached hydrogens (tertiary/aromatic N) is 2. The Hall–Kier alpha value is -2.72. The average molecular weight is 481 g/mol. The van der Waals surface area contributed by atoms with Gasteiger partial charge in [-0.1, -0.05) is 97.7 Å². The SMILES string of the molecule is CCCCS(=O)(=O)O/N=C(\C(=N/OS(=O)(=O)CCCC)c1ccccc1)c1ccccc1. The average Bonchev–Trinajstić information content (AvgIpc) is 2.79. The molecule has 0 unspecified atom stereocenters. The summed E-state index contributed by atoms with van der Waals surface area (Å²) in [6, 6.07) is 17.2. The van der Waals surface area contributed by atoms with Gasteiger partial charge in [-0.3, -0.25) is 8.57 Å². The van der Waals surface area contributed by atoms with Crippen LogP contribution in [0.5, 0.6) is 0 Å². The van der Waals surface area contributed by atoms with Crippen LogP contribution in [0.3, 0.4) is 0 Å². The lowest BCUT2D eigenvalue weighted by Gasteiger charge is -2.11. The summed E-state index contributed by atoms with van der Waals surface area (Å²) >= 11 is 0. The van der Waals surface area contributed by atoms with E-state index < -0.39 is 20.2 Å². The molecule has 10 heteroatoms. The summed E-state index contributed by atoms with van der Waals surface area (Å²) in [6.45, 7) is 3.73. The number of unbranched alkanes of at least 4 members (excludes halogenated alkanes) is 2. The zero-order chi connectivity index (χ0) is 23.5. The van der Waals surface area contributed by atoms with Crippen molar-refractivity contribution in [3.05, 3.63) is 71.8 Å². The summed E-state index contributed by atoms with van der Waals surface area (Å²) in [5, 5.41) is 7.76. The van der Waals surface area contributed by atoms with E-state index in [0.717, 1.165) is 0 Å². The first-order valence-electron chi connectivity index (χ1n) is 10.4. The van der Waals surface area contributed by atoms with E-state index in [2.05, 4.69) is 10.3 Å². The smallest absolute Gasteiger partial charge is 0.268 e.